The van der Waals surface area contributed by atoms with Gasteiger partial charge in [0.15, 0.2) is 0 Å². The molecular formula is C92H138N2O14. The zero-order valence-electron chi connectivity index (χ0n) is 67.3. The van der Waals surface area contributed by atoms with Crippen molar-refractivity contribution in [3.05, 3.63) is 261 Å². The number of aryl methyl sites for hydroxylation is 6. The Morgan fingerprint density at radius 2 is 0.639 bits per heavy atom. The molecule has 10 N–H and O–H groups in total. The standard InChI is InChI=1S/2C11H16O2.2C10H14O2.2C10H14O.2C9H12O.C7H15NO.C5H11NO/c1-2-9-13-11-6-4-3-5-10(11)7-8-12;1-2-5-10-6-3-4-7-11(10)13-9-8-12;1-2-9-5-3-4-6-10(9)12-8-7-11;1-2-7-12-10-6-4-3-5-9(10)8-11;1-2-5-9-6-3-4-7-10(9)8-11;1-2-4-9-5-3-6-10(7-9)8-11;1-2-8-4-3-5-9(6-8)7-10;1-2-8-5-3-4-6-9(8)7-10;1-8-4-2-7(6-9)3-5-8;1-6-2-5(3-6)4-7/h3-6,12H,2,7-9H2,1H3;3-4,6-7,12H,2,5,8-9H2,1H3;2*3-6,11H,2,7-8H2,1H3;3-4,6-7,11H,2,5,8H2,1H3;3,5-7,11H,2,4,8H2,1H3;2*3-6,10H,2,7H2,1H3;7,9H,2-6H2,1H3;5,7H,2-4H2,1H3. The molecule has 2 aliphatic rings. The minimum Gasteiger partial charge on any atom is -0.493 e. The number of hydrogen-bond donors (Lipinski definition) is 10. The molecule has 0 atom stereocenters. The van der Waals surface area contributed by atoms with Crippen molar-refractivity contribution in [2.24, 2.45) is 11.8 Å². The Labute approximate surface area is 650 Å². The van der Waals surface area contributed by atoms with Crippen molar-refractivity contribution in [1.29, 1.82) is 0 Å². The Morgan fingerprint density at radius 3 is 1.02 bits per heavy atom. The maximum Gasteiger partial charge on any atom is 0.124 e. The predicted molar refractivity (Wildman–Crippen MR) is 444 cm³/mol. The van der Waals surface area contributed by atoms with Gasteiger partial charge in [0.25, 0.3) is 0 Å². The van der Waals surface area contributed by atoms with Crippen LogP contribution < -0.4 is 18.9 Å². The van der Waals surface area contributed by atoms with E-state index < -0.39 is 0 Å². The highest BCUT2D eigenvalue weighted by Crippen LogP contribution is 2.23. The maximum atomic E-state index is 8.95. The molecule has 2 aliphatic heterocycles. The fourth-order valence-corrected chi connectivity index (χ4v) is 11.1. The summed E-state index contributed by atoms with van der Waals surface area (Å²) in [5, 5.41) is 87.6. The van der Waals surface area contributed by atoms with E-state index in [-0.39, 0.29) is 52.9 Å². The van der Waals surface area contributed by atoms with Crippen molar-refractivity contribution in [3.63, 3.8) is 0 Å². The van der Waals surface area contributed by atoms with Crippen molar-refractivity contribution in [2.75, 3.05) is 99.7 Å². The van der Waals surface area contributed by atoms with Crippen LogP contribution in [0.15, 0.2) is 194 Å². The van der Waals surface area contributed by atoms with Crippen LogP contribution in [0.1, 0.15) is 167 Å². The number of ether oxygens (including phenoxy) is 4. The van der Waals surface area contributed by atoms with Crippen molar-refractivity contribution >= 4 is 0 Å². The van der Waals surface area contributed by atoms with Crippen LogP contribution in [0.5, 0.6) is 23.0 Å². The third kappa shape index (κ3) is 44.8. The zero-order chi connectivity index (χ0) is 79.6. The Hall–Kier alpha value is -7.52. The largest absolute Gasteiger partial charge is 0.493 e. The summed E-state index contributed by atoms with van der Waals surface area (Å²) in [6.45, 7) is 25.3. The van der Waals surface area contributed by atoms with Crippen molar-refractivity contribution < 1.29 is 70.0 Å². The van der Waals surface area contributed by atoms with Crippen LogP contribution in [0.3, 0.4) is 0 Å². The molecule has 600 valence electrons. The van der Waals surface area contributed by atoms with Gasteiger partial charge in [0.05, 0.1) is 59.5 Å². The molecule has 10 rings (SSSR count). The lowest BCUT2D eigenvalue weighted by Gasteiger charge is -2.34. The monoisotopic (exact) mass is 1500 g/mol. The summed E-state index contributed by atoms with van der Waals surface area (Å²) in [5.74, 6) is 4.64. The molecule has 16 nitrogen and oxygen atoms in total. The molecule has 0 aromatic heterocycles. The normalized spacial score (nSPS) is 12.1. The molecule has 0 unspecified atom stereocenters. The van der Waals surface area contributed by atoms with Gasteiger partial charge in [-0.3, -0.25) is 0 Å². The van der Waals surface area contributed by atoms with Crippen LogP contribution in [-0.4, -0.2) is 161 Å². The number of rotatable bonds is 30. The van der Waals surface area contributed by atoms with E-state index in [1.54, 1.807) is 0 Å². The lowest BCUT2D eigenvalue weighted by atomic mass is 9.98. The fourth-order valence-electron chi connectivity index (χ4n) is 11.1. The Morgan fingerprint density at radius 1 is 0.287 bits per heavy atom. The summed E-state index contributed by atoms with van der Waals surface area (Å²) in [6.07, 6.45) is 14.6. The minimum atomic E-state index is 0.0416. The van der Waals surface area contributed by atoms with E-state index in [4.69, 9.17) is 70.0 Å². The van der Waals surface area contributed by atoms with E-state index in [0.717, 1.165) is 160 Å². The van der Waals surface area contributed by atoms with Crippen molar-refractivity contribution in [2.45, 2.75) is 178 Å². The number of piperidine rings is 1. The molecule has 0 spiro atoms. The van der Waals surface area contributed by atoms with E-state index in [2.05, 4.69) is 110 Å². The highest BCUT2D eigenvalue weighted by atomic mass is 16.5. The van der Waals surface area contributed by atoms with Crippen LogP contribution in [0.2, 0.25) is 0 Å². The minimum absolute atomic E-state index is 0.0416. The second-order valence-electron chi connectivity index (χ2n) is 26.2. The van der Waals surface area contributed by atoms with E-state index in [0.29, 0.717) is 51.3 Å². The summed E-state index contributed by atoms with van der Waals surface area (Å²) < 4.78 is 21.7. The number of aliphatic hydroxyl groups is 10. The van der Waals surface area contributed by atoms with Crippen LogP contribution in [0.25, 0.3) is 0 Å². The van der Waals surface area contributed by atoms with E-state index in [1.807, 2.05) is 164 Å². The molecule has 108 heavy (non-hydrogen) atoms. The average molecular weight is 1500 g/mol. The summed E-state index contributed by atoms with van der Waals surface area (Å²) in [4.78, 5) is 4.51. The molecule has 2 heterocycles. The molecule has 0 radical (unpaired) electrons. The first kappa shape index (κ1) is 98.5. The van der Waals surface area contributed by atoms with Crippen LogP contribution >= 0.6 is 0 Å². The topological polar surface area (TPSA) is 246 Å². The summed E-state index contributed by atoms with van der Waals surface area (Å²) in [6, 6.07) is 63.3. The van der Waals surface area contributed by atoms with Crippen molar-refractivity contribution in [3.8, 4) is 23.0 Å². The molecule has 2 saturated heterocycles. The van der Waals surface area contributed by atoms with Gasteiger partial charge in [0.2, 0.25) is 0 Å². The highest BCUT2D eigenvalue weighted by molar-refractivity contribution is 5.36. The van der Waals surface area contributed by atoms with Gasteiger partial charge in [-0.1, -0.05) is 245 Å². The van der Waals surface area contributed by atoms with Gasteiger partial charge in [0, 0.05) is 44.4 Å². The SMILES string of the molecule is CCCOc1ccccc1CCO.CCCOc1ccccc1CO.CCCc1cccc(CO)c1.CCCc1ccccc1CO.CCCc1ccccc1OCCO.CCc1cccc(CO)c1.CCc1ccccc1CO.CCc1ccccc1OCCO.CN1CC(CO)C1.CN1CCC(CO)CC1. The van der Waals surface area contributed by atoms with Crippen LogP contribution in [-0.2, 0) is 78.0 Å². The number of nitrogens with zero attached hydrogens (tertiary/aromatic N) is 2. The second kappa shape index (κ2) is 66.5. The molecule has 8 aromatic rings. The van der Waals surface area contributed by atoms with Gasteiger partial charge in [-0.25, -0.2) is 0 Å². The number of para-hydroxylation sites is 4. The van der Waals surface area contributed by atoms with Crippen LogP contribution in [0.4, 0.5) is 0 Å². The molecule has 0 bridgehead atoms. The van der Waals surface area contributed by atoms with E-state index in [1.165, 1.54) is 46.2 Å². The summed E-state index contributed by atoms with van der Waals surface area (Å²) in [5.41, 5.74) is 13.6. The Balaban J connectivity index is 0.000000602. The molecule has 8 aromatic carbocycles. The van der Waals surface area contributed by atoms with Gasteiger partial charge in [-0.05, 0) is 189 Å². The van der Waals surface area contributed by atoms with Crippen LogP contribution in [0, 0.1) is 11.8 Å². The first-order chi connectivity index (χ1) is 52.7. The molecule has 0 amide bonds. The molecule has 2 fully saturated rings. The Bertz CT molecular complexity index is 3240. The van der Waals surface area contributed by atoms with Crippen molar-refractivity contribution in [1.82, 2.24) is 9.80 Å². The van der Waals surface area contributed by atoms with Gasteiger partial charge in [-0.2, -0.15) is 0 Å². The number of aliphatic hydroxyl groups excluding tert-OH is 10. The lowest BCUT2D eigenvalue weighted by Crippen LogP contribution is -2.45. The first-order valence-corrected chi connectivity index (χ1v) is 39.2. The fraction of sp³-hybridized carbons (Fsp3) is 0.478. The molecule has 16 heteroatoms. The molecular weight excluding hydrogens is 1360 g/mol. The Kier molecular flexibility index (Phi) is 60.6. The van der Waals surface area contributed by atoms with Gasteiger partial charge in [0.1, 0.15) is 36.2 Å². The first-order valence-electron chi connectivity index (χ1n) is 39.2. The number of likely N-dealkylation sites (tertiary alicyclic amines) is 2. The summed E-state index contributed by atoms with van der Waals surface area (Å²) >= 11 is 0. The molecule has 0 saturated carbocycles. The van der Waals surface area contributed by atoms with Gasteiger partial charge in [-0.15, -0.1) is 0 Å². The smallest absolute Gasteiger partial charge is 0.124 e. The predicted octanol–water partition coefficient (Wildman–Crippen LogP) is 15.2. The summed E-state index contributed by atoms with van der Waals surface area (Å²) in [7, 11) is 4.19. The van der Waals surface area contributed by atoms with Gasteiger partial charge < -0.3 is 79.8 Å². The zero-order valence-corrected chi connectivity index (χ0v) is 67.3. The third-order valence-electron chi connectivity index (χ3n) is 17.2. The van der Waals surface area contributed by atoms with E-state index in [9.17, 15) is 0 Å². The number of hydrogen-bond acceptors (Lipinski definition) is 16. The average Bonchev–Trinajstić information content (AvgIpc) is 0.928. The maximum absolute atomic E-state index is 8.95. The lowest BCUT2D eigenvalue weighted by molar-refractivity contribution is 0.0760. The molecule has 0 aliphatic carbocycles. The van der Waals surface area contributed by atoms with E-state index >= 15 is 0 Å². The third-order valence-corrected chi connectivity index (χ3v) is 17.2. The number of benzene rings is 8. The van der Waals surface area contributed by atoms with Gasteiger partial charge >= 0.3 is 0 Å². The quantitative estimate of drug-likeness (QED) is 0.0201. The highest BCUT2D eigenvalue weighted by Gasteiger charge is 2.21. The second-order valence-corrected chi connectivity index (χ2v) is 26.2.